The number of sulfone groups is 1. The van der Waals surface area contributed by atoms with Crippen molar-refractivity contribution < 1.29 is 13.2 Å². The summed E-state index contributed by atoms with van der Waals surface area (Å²) >= 11 is 0. The molecule has 0 aliphatic heterocycles. The zero-order valence-corrected chi connectivity index (χ0v) is 12.9. The molecule has 0 aliphatic carbocycles. The molecule has 0 radical (unpaired) electrons. The first-order valence-electron chi connectivity index (χ1n) is 6.73. The van der Waals surface area contributed by atoms with Gasteiger partial charge in [0.2, 0.25) is 0 Å². The van der Waals surface area contributed by atoms with Gasteiger partial charge in [-0.25, -0.2) is 8.42 Å². The Morgan fingerprint density at radius 2 is 1.48 bits per heavy atom. The van der Waals surface area contributed by atoms with E-state index < -0.39 is 9.84 Å². The maximum absolute atomic E-state index is 11.4. The van der Waals surface area contributed by atoms with Crippen LogP contribution in [0, 0.1) is 0 Å². The van der Waals surface area contributed by atoms with E-state index >= 15 is 0 Å². The lowest BCUT2D eigenvalue weighted by Crippen LogP contribution is -2.07. The number of ether oxygens (including phenoxy) is 1. The third-order valence-corrected chi connectivity index (χ3v) is 4.36. The fourth-order valence-corrected chi connectivity index (χ4v) is 2.54. The molecule has 2 N–H and O–H groups in total. The van der Waals surface area contributed by atoms with Crippen LogP contribution in [0.25, 0.3) is 0 Å². The van der Waals surface area contributed by atoms with Crippen LogP contribution >= 0.6 is 0 Å². The number of rotatable bonds is 5. The van der Waals surface area contributed by atoms with Crippen LogP contribution in [-0.4, -0.2) is 14.7 Å². The Labute approximate surface area is 125 Å². The van der Waals surface area contributed by atoms with E-state index in [-0.39, 0.29) is 10.9 Å². The van der Waals surface area contributed by atoms with Crippen molar-refractivity contribution in [3.8, 4) is 11.5 Å². The summed E-state index contributed by atoms with van der Waals surface area (Å²) in [7, 11) is -3.18. The Balaban J connectivity index is 2.11. The molecule has 21 heavy (non-hydrogen) atoms. The molecule has 0 heterocycles. The smallest absolute Gasteiger partial charge is 0.175 e. The summed E-state index contributed by atoms with van der Waals surface area (Å²) in [4.78, 5) is 0.277. The highest BCUT2D eigenvalue weighted by atomic mass is 32.2. The van der Waals surface area contributed by atoms with Crippen LogP contribution in [0.1, 0.15) is 24.9 Å². The third kappa shape index (κ3) is 4.06. The fraction of sp³-hybridized carbons (Fsp3) is 0.250. The molecule has 0 unspecified atom stereocenters. The van der Waals surface area contributed by atoms with E-state index in [1.165, 1.54) is 18.4 Å². The van der Waals surface area contributed by atoms with Gasteiger partial charge in [0, 0.05) is 12.3 Å². The molecule has 0 saturated heterocycles. The largest absolute Gasteiger partial charge is 0.457 e. The van der Waals surface area contributed by atoms with Gasteiger partial charge in [-0.2, -0.15) is 0 Å². The molecule has 0 fully saturated rings. The van der Waals surface area contributed by atoms with E-state index in [2.05, 4.69) is 0 Å². The van der Waals surface area contributed by atoms with Crippen molar-refractivity contribution in [1.82, 2.24) is 0 Å². The Morgan fingerprint density at radius 3 is 1.90 bits per heavy atom. The van der Waals surface area contributed by atoms with Crippen molar-refractivity contribution in [3.05, 3.63) is 54.1 Å². The van der Waals surface area contributed by atoms with Gasteiger partial charge < -0.3 is 10.5 Å². The van der Waals surface area contributed by atoms with Crippen molar-refractivity contribution in [2.75, 3.05) is 6.26 Å². The van der Waals surface area contributed by atoms with Gasteiger partial charge in [-0.1, -0.05) is 19.1 Å². The Bertz CT molecular complexity index is 691. The number of nitrogens with two attached hydrogens (primary N) is 1. The molecule has 0 saturated carbocycles. The van der Waals surface area contributed by atoms with Crippen LogP contribution < -0.4 is 10.5 Å². The second-order valence-electron chi connectivity index (χ2n) is 4.93. The lowest BCUT2D eigenvalue weighted by atomic mass is 10.1. The monoisotopic (exact) mass is 305 g/mol. The maximum Gasteiger partial charge on any atom is 0.175 e. The van der Waals surface area contributed by atoms with E-state index in [9.17, 15) is 8.42 Å². The molecule has 0 amide bonds. The van der Waals surface area contributed by atoms with Crippen molar-refractivity contribution in [2.45, 2.75) is 24.3 Å². The summed E-state index contributed by atoms with van der Waals surface area (Å²) in [5.41, 5.74) is 7.02. The molecule has 2 aromatic carbocycles. The summed E-state index contributed by atoms with van der Waals surface area (Å²) < 4.78 is 28.4. The van der Waals surface area contributed by atoms with Crippen molar-refractivity contribution in [3.63, 3.8) is 0 Å². The van der Waals surface area contributed by atoms with Gasteiger partial charge >= 0.3 is 0 Å². The van der Waals surface area contributed by atoms with E-state index in [0.29, 0.717) is 11.5 Å². The summed E-state index contributed by atoms with van der Waals surface area (Å²) in [6.45, 7) is 2.04. The molecule has 1 atom stereocenters. The molecule has 0 aromatic heterocycles. The molecule has 0 spiro atoms. The molecule has 4 nitrogen and oxygen atoms in total. The SMILES string of the molecule is CC[C@@H](N)c1ccc(Oc2ccc(S(C)(=O)=O)cc2)cc1. The molecule has 0 aliphatic rings. The first-order chi connectivity index (χ1) is 9.90. The Hall–Kier alpha value is -1.85. The molecule has 2 aromatic rings. The fourth-order valence-electron chi connectivity index (χ4n) is 1.91. The van der Waals surface area contributed by atoms with E-state index in [1.54, 1.807) is 12.1 Å². The minimum absolute atomic E-state index is 0.0353. The molecule has 5 heteroatoms. The topological polar surface area (TPSA) is 69.4 Å². The normalized spacial score (nSPS) is 12.9. The third-order valence-electron chi connectivity index (χ3n) is 3.24. The summed E-state index contributed by atoms with van der Waals surface area (Å²) in [5.74, 6) is 1.28. The van der Waals surface area contributed by atoms with Gasteiger partial charge in [-0.3, -0.25) is 0 Å². The van der Waals surface area contributed by atoms with Crippen LogP contribution in [0.2, 0.25) is 0 Å². The first-order valence-corrected chi connectivity index (χ1v) is 8.63. The van der Waals surface area contributed by atoms with Crippen molar-refractivity contribution in [1.29, 1.82) is 0 Å². The highest BCUT2D eigenvalue weighted by Gasteiger charge is 2.07. The summed E-state index contributed by atoms with van der Waals surface area (Å²) in [5, 5.41) is 0. The molecular weight excluding hydrogens is 286 g/mol. The van der Waals surface area contributed by atoms with Gasteiger partial charge in [0.05, 0.1) is 4.90 Å². The number of hydrogen-bond donors (Lipinski definition) is 1. The highest BCUT2D eigenvalue weighted by molar-refractivity contribution is 7.90. The predicted octanol–water partition coefficient (Wildman–Crippen LogP) is 3.29. The Kier molecular flexibility index (Phi) is 4.65. The quantitative estimate of drug-likeness (QED) is 0.920. The van der Waals surface area contributed by atoms with Gasteiger partial charge in [0.25, 0.3) is 0 Å². The molecule has 112 valence electrons. The molecule has 2 rings (SSSR count). The van der Waals surface area contributed by atoms with E-state index in [0.717, 1.165) is 12.0 Å². The summed E-state index contributed by atoms with van der Waals surface area (Å²) in [6.07, 6.45) is 2.06. The second kappa shape index (κ2) is 6.28. The van der Waals surface area contributed by atoms with Crippen LogP contribution in [-0.2, 0) is 9.84 Å². The lowest BCUT2D eigenvalue weighted by molar-refractivity contribution is 0.481. The average Bonchev–Trinajstić information content (AvgIpc) is 2.47. The van der Waals surface area contributed by atoms with Gasteiger partial charge in [0.1, 0.15) is 11.5 Å². The van der Waals surface area contributed by atoms with Crippen molar-refractivity contribution >= 4 is 9.84 Å². The van der Waals surface area contributed by atoms with E-state index in [1.807, 2.05) is 31.2 Å². The molecular formula is C16H19NO3S. The van der Waals surface area contributed by atoms with Crippen molar-refractivity contribution in [2.24, 2.45) is 5.73 Å². The minimum atomic E-state index is -3.18. The van der Waals surface area contributed by atoms with Crippen LogP contribution in [0.3, 0.4) is 0 Å². The molecule has 0 bridgehead atoms. The zero-order valence-electron chi connectivity index (χ0n) is 12.1. The van der Waals surface area contributed by atoms with Gasteiger partial charge in [-0.05, 0) is 48.4 Å². The standard InChI is InChI=1S/C16H19NO3S/c1-3-16(17)12-4-6-13(7-5-12)20-14-8-10-15(11-9-14)21(2,18)19/h4-11,16H,3,17H2,1-2H3/t16-/m1/s1. The predicted molar refractivity (Wildman–Crippen MR) is 83.3 cm³/mol. The van der Waals surface area contributed by atoms with Crippen LogP contribution in [0.4, 0.5) is 0 Å². The minimum Gasteiger partial charge on any atom is -0.457 e. The zero-order chi connectivity index (χ0) is 15.5. The average molecular weight is 305 g/mol. The number of benzene rings is 2. The van der Waals surface area contributed by atoms with E-state index in [4.69, 9.17) is 10.5 Å². The van der Waals surface area contributed by atoms with Gasteiger partial charge in [-0.15, -0.1) is 0 Å². The highest BCUT2D eigenvalue weighted by Crippen LogP contribution is 2.24. The first kappa shape index (κ1) is 15.5. The lowest BCUT2D eigenvalue weighted by Gasteiger charge is -2.11. The van der Waals surface area contributed by atoms with Gasteiger partial charge in [0.15, 0.2) is 9.84 Å². The van der Waals surface area contributed by atoms with Crippen LogP contribution in [0.5, 0.6) is 11.5 Å². The number of hydrogen-bond acceptors (Lipinski definition) is 4. The maximum atomic E-state index is 11.4. The van der Waals surface area contributed by atoms with Crippen LogP contribution in [0.15, 0.2) is 53.4 Å². The second-order valence-corrected chi connectivity index (χ2v) is 6.95. The summed E-state index contributed by atoms with van der Waals surface area (Å²) in [6, 6.07) is 14.0. The Morgan fingerprint density at radius 1 is 1.00 bits per heavy atom.